The summed E-state index contributed by atoms with van der Waals surface area (Å²) in [6.07, 6.45) is 5.02. The van der Waals surface area contributed by atoms with Crippen molar-refractivity contribution in [3.05, 3.63) is 42.5 Å². The van der Waals surface area contributed by atoms with E-state index in [1.165, 1.54) is 31.8 Å². The number of nitrogens with one attached hydrogen (secondary N) is 2. The van der Waals surface area contributed by atoms with E-state index in [1.54, 1.807) is 12.1 Å². The summed E-state index contributed by atoms with van der Waals surface area (Å²) in [7, 11) is -2.69. The number of rotatable bonds is 10. The van der Waals surface area contributed by atoms with Crippen LogP contribution in [0, 0.1) is 0 Å². The molecule has 0 aliphatic rings. The third kappa shape index (κ3) is 5.57. The number of ether oxygens (including phenoxy) is 2. The maximum atomic E-state index is 12.6. The molecule has 142 valence electrons. The molecule has 0 aliphatic carbocycles. The Kier molecular flexibility index (Phi) is 7.16. The molecule has 2 rings (SSSR count). The number of esters is 1. The van der Waals surface area contributed by atoms with Crippen molar-refractivity contribution in [2.75, 3.05) is 13.7 Å². The Labute approximate surface area is 153 Å². The number of carbonyl (C=O) groups excluding carboxylic acids is 1. The van der Waals surface area contributed by atoms with Crippen LogP contribution in [0.3, 0.4) is 0 Å². The maximum Gasteiger partial charge on any atom is 0.324 e. The summed E-state index contributed by atoms with van der Waals surface area (Å²) in [6, 6.07) is 4.99. The molecule has 8 nitrogen and oxygen atoms in total. The molecule has 0 saturated carbocycles. The monoisotopic (exact) mass is 381 g/mol. The number of carbonyl (C=O) groups is 1. The molecule has 9 heteroatoms. The molecular formula is C17H23N3O5S. The van der Waals surface area contributed by atoms with Gasteiger partial charge in [-0.15, -0.1) is 0 Å². The van der Waals surface area contributed by atoms with E-state index < -0.39 is 22.0 Å². The summed E-state index contributed by atoms with van der Waals surface area (Å²) in [4.78, 5) is 18.7. The van der Waals surface area contributed by atoms with Gasteiger partial charge in [0.25, 0.3) is 0 Å². The van der Waals surface area contributed by atoms with Crippen molar-refractivity contribution in [2.24, 2.45) is 0 Å². The minimum Gasteiger partial charge on any atom is -0.494 e. The topological polar surface area (TPSA) is 110 Å². The van der Waals surface area contributed by atoms with Gasteiger partial charge in [-0.05, 0) is 30.7 Å². The lowest BCUT2D eigenvalue weighted by Gasteiger charge is -2.16. The largest absolute Gasteiger partial charge is 0.494 e. The fourth-order valence-corrected chi connectivity index (χ4v) is 3.42. The lowest BCUT2D eigenvalue weighted by atomic mass is 10.2. The second-order valence-corrected chi connectivity index (χ2v) is 7.37. The van der Waals surface area contributed by atoms with Gasteiger partial charge in [0.1, 0.15) is 11.8 Å². The number of sulfonamides is 1. The quantitative estimate of drug-likeness (QED) is 0.478. The third-order valence-corrected chi connectivity index (χ3v) is 5.15. The van der Waals surface area contributed by atoms with E-state index in [-0.39, 0.29) is 11.3 Å². The van der Waals surface area contributed by atoms with Crippen molar-refractivity contribution >= 4 is 16.0 Å². The van der Waals surface area contributed by atoms with E-state index in [9.17, 15) is 13.2 Å². The number of imidazole rings is 1. The van der Waals surface area contributed by atoms with Gasteiger partial charge in [0, 0.05) is 18.3 Å². The molecule has 0 bridgehead atoms. The van der Waals surface area contributed by atoms with Crippen molar-refractivity contribution in [3.8, 4) is 5.75 Å². The summed E-state index contributed by atoms with van der Waals surface area (Å²) in [5, 5.41) is 0. The Morgan fingerprint density at radius 3 is 2.62 bits per heavy atom. The molecule has 1 heterocycles. The van der Waals surface area contributed by atoms with E-state index in [2.05, 4.69) is 21.6 Å². The summed E-state index contributed by atoms with van der Waals surface area (Å²) in [6.45, 7) is 2.64. The smallest absolute Gasteiger partial charge is 0.324 e. The Morgan fingerprint density at radius 2 is 2.04 bits per heavy atom. The zero-order valence-corrected chi connectivity index (χ0v) is 15.6. The van der Waals surface area contributed by atoms with Gasteiger partial charge in [0.15, 0.2) is 0 Å². The number of unbranched alkanes of at least 4 members (excludes halogenated alkanes) is 1. The molecule has 1 atom stereocenters. The van der Waals surface area contributed by atoms with Gasteiger partial charge in [-0.25, -0.2) is 13.4 Å². The van der Waals surface area contributed by atoms with Crippen molar-refractivity contribution in [3.63, 3.8) is 0 Å². The van der Waals surface area contributed by atoms with Crippen LogP contribution in [0.2, 0.25) is 0 Å². The molecule has 1 unspecified atom stereocenters. The second kappa shape index (κ2) is 9.35. The number of nitrogens with zero attached hydrogens (tertiary/aromatic N) is 1. The number of hydrogen-bond acceptors (Lipinski definition) is 6. The number of aromatic amines is 1. The zero-order valence-electron chi connectivity index (χ0n) is 14.8. The van der Waals surface area contributed by atoms with Gasteiger partial charge in [0.2, 0.25) is 10.0 Å². The number of methoxy groups -OCH3 is 1. The highest BCUT2D eigenvalue weighted by atomic mass is 32.2. The number of hydrogen-bond donors (Lipinski definition) is 2. The summed E-state index contributed by atoms with van der Waals surface area (Å²) < 4.78 is 37.8. The first-order valence-electron chi connectivity index (χ1n) is 8.26. The SMILES string of the molecule is CCCCOc1ccc(S(=O)(=O)NC(Cc2cnc[nH]2)C(=O)OC)cc1. The molecule has 0 saturated heterocycles. The molecule has 2 N–H and O–H groups in total. The summed E-state index contributed by atoms with van der Waals surface area (Å²) >= 11 is 0. The summed E-state index contributed by atoms with van der Waals surface area (Å²) in [5.74, 6) is -0.0814. The standard InChI is InChI=1S/C17H23N3O5S/c1-3-4-9-25-14-5-7-15(8-6-14)26(22,23)20-16(17(21)24-2)10-13-11-18-12-19-13/h5-8,11-12,16,20H,3-4,9-10H2,1-2H3,(H,18,19). The molecule has 0 aliphatic heterocycles. The fourth-order valence-electron chi connectivity index (χ4n) is 2.24. The Bertz CT molecular complexity index is 788. The molecule has 1 aromatic carbocycles. The van der Waals surface area contributed by atoms with E-state index in [0.29, 0.717) is 18.1 Å². The van der Waals surface area contributed by atoms with Crippen LogP contribution in [0.5, 0.6) is 5.75 Å². The van der Waals surface area contributed by atoms with Gasteiger partial charge < -0.3 is 14.5 Å². The molecular weight excluding hydrogens is 358 g/mol. The highest BCUT2D eigenvalue weighted by molar-refractivity contribution is 7.89. The molecule has 0 fully saturated rings. The van der Waals surface area contributed by atoms with Crippen molar-refractivity contribution in [1.82, 2.24) is 14.7 Å². The molecule has 2 aromatic rings. The van der Waals surface area contributed by atoms with E-state index >= 15 is 0 Å². The molecule has 1 aromatic heterocycles. The highest BCUT2D eigenvalue weighted by Crippen LogP contribution is 2.17. The molecule has 0 amide bonds. The van der Waals surface area contributed by atoms with Crippen LogP contribution in [0.25, 0.3) is 0 Å². The zero-order chi connectivity index (χ0) is 19.0. The van der Waals surface area contributed by atoms with Crippen LogP contribution in [0.1, 0.15) is 25.5 Å². The second-order valence-electron chi connectivity index (χ2n) is 5.65. The number of benzene rings is 1. The predicted octanol–water partition coefficient (Wildman–Crippen LogP) is 1.65. The first-order chi connectivity index (χ1) is 12.5. The fraction of sp³-hybridized carbons (Fsp3) is 0.412. The van der Waals surface area contributed by atoms with Crippen molar-refractivity contribution in [2.45, 2.75) is 37.1 Å². The average Bonchev–Trinajstić information content (AvgIpc) is 3.14. The predicted molar refractivity (Wildman–Crippen MR) is 95.3 cm³/mol. The van der Waals surface area contributed by atoms with Crippen LogP contribution < -0.4 is 9.46 Å². The Balaban J connectivity index is 2.10. The van der Waals surface area contributed by atoms with Gasteiger partial charge >= 0.3 is 5.97 Å². The van der Waals surface area contributed by atoms with Crippen LogP contribution in [-0.2, 0) is 26.0 Å². The molecule has 26 heavy (non-hydrogen) atoms. The van der Waals surface area contributed by atoms with E-state index in [0.717, 1.165) is 12.8 Å². The van der Waals surface area contributed by atoms with Crippen LogP contribution in [0.4, 0.5) is 0 Å². The van der Waals surface area contributed by atoms with Gasteiger partial charge in [-0.2, -0.15) is 4.72 Å². The molecule has 0 radical (unpaired) electrons. The maximum absolute atomic E-state index is 12.6. The van der Waals surface area contributed by atoms with Crippen LogP contribution in [-0.4, -0.2) is 44.1 Å². The number of H-pyrrole nitrogens is 1. The Morgan fingerprint density at radius 1 is 1.31 bits per heavy atom. The summed E-state index contributed by atoms with van der Waals surface area (Å²) in [5.41, 5.74) is 0.614. The van der Waals surface area contributed by atoms with Crippen LogP contribution >= 0.6 is 0 Å². The minimum atomic E-state index is -3.90. The normalized spacial score (nSPS) is 12.5. The first-order valence-corrected chi connectivity index (χ1v) is 9.75. The lowest BCUT2D eigenvalue weighted by Crippen LogP contribution is -2.43. The lowest BCUT2D eigenvalue weighted by molar-refractivity contribution is -0.142. The van der Waals surface area contributed by atoms with E-state index in [4.69, 9.17) is 9.47 Å². The third-order valence-electron chi connectivity index (χ3n) is 3.66. The van der Waals surface area contributed by atoms with Gasteiger partial charge in [0.05, 0.1) is 24.9 Å². The van der Waals surface area contributed by atoms with Crippen molar-refractivity contribution < 1.29 is 22.7 Å². The highest BCUT2D eigenvalue weighted by Gasteiger charge is 2.27. The Hall–Kier alpha value is -2.39. The number of aromatic nitrogens is 2. The minimum absolute atomic E-state index is 0.0406. The first kappa shape index (κ1) is 19.9. The van der Waals surface area contributed by atoms with Gasteiger partial charge in [-0.3, -0.25) is 4.79 Å². The van der Waals surface area contributed by atoms with Gasteiger partial charge in [-0.1, -0.05) is 13.3 Å². The van der Waals surface area contributed by atoms with E-state index in [1.807, 2.05) is 0 Å². The molecule has 0 spiro atoms. The average molecular weight is 381 g/mol. The van der Waals surface area contributed by atoms with Crippen LogP contribution in [0.15, 0.2) is 41.7 Å². The van der Waals surface area contributed by atoms with Crippen molar-refractivity contribution in [1.29, 1.82) is 0 Å².